The lowest BCUT2D eigenvalue weighted by atomic mass is 9.66. The van der Waals surface area contributed by atoms with Crippen LogP contribution in [0.2, 0.25) is 0 Å². The summed E-state index contributed by atoms with van der Waals surface area (Å²) < 4.78 is -0.746. The Morgan fingerprint density at radius 3 is 2.33 bits per heavy atom. The van der Waals surface area contributed by atoms with E-state index in [4.69, 9.17) is 0 Å². The minimum atomic E-state index is -0.797. The summed E-state index contributed by atoms with van der Waals surface area (Å²) >= 11 is 1.65. The minimum Gasteiger partial charge on any atom is -0.394 e. The number of thioether (sulfide) groups is 1. The molecule has 0 saturated carbocycles. The molecule has 7 atom stereocenters. The highest BCUT2D eigenvalue weighted by atomic mass is 32.2. The predicted molar refractivity (Wildman–Crippen MR) is 168 cm³/mol. The molecule has 9 heteroatoms. The van der Waals surface area contributed by atoms with Crippen molar-refractivity contribution in [2.24, 2.45) is 23.7 Å². The SMILES string of the molecule is CCN(CC)c1ccc(NC(=O)C2N([C@@H](CO)C(C)C)C(=O)[C@@H]3[C@H](C(=O)NCc4ccccc4)[C@@H]4CC(C)C23S4)cc1. The van der Waals surface area contributed by atoms with E-state index in [-0.39, 0.29) is 41.4 Å². The van der Waals surface area contributed by atoms with E-state index < -0.39 is 28.7 Å². The molecule has 3 amide bonds. The van der Waals surface area contributed by atoms with Crippen molar-refractivity contribution in [3.8, 4) is 0 Å². The number of fused-ring (bicyclic) bond motifs is 1. The number of aliphatic hydroxyl groups is 1. The normalized spacial score (nSPS) is 28.6. The molecule has 0 aromatic heterocycles. The summed E-state index contributed by atoms with van der Waals surface area (Å²) in [5.41, 5.74) is 2.74. The van der Waals surface area contributed by atoms with Crippen molar-refractivity contribution in [2.45, 2.75) is 69.7 Å². The monoisotopic (exact) mass is 592 g/mol. The van der Waals surface area contributed by atoms with E-state index in [1.54, 1.807) is 16.7 Å². The third-order valence-electron chi connectivity index (χ3n) is 9.62. The largest absolute Gasteiger partial charge is 0.394 e. The molecule has 0 aliphatic carbocycles. The Balaban J connectivity index is 1.46. The van der Waals surface area contributed by atoms with E-state index >= 15 is 0 Å². The summed E-state index contributed by atoms with van der Waals surface area (Å²) in [5.74, 6) is -1.76. The Morgan fingerprint density at radius 2 is 1.74 bits per heavy atom. The quantitative estimate of drug-likeness (QED) is 0.363. The van der Waals surface area contributed by atoms with Gasteiger partial charge in [-0.05, 0) is 61.9 Å². The van der Waals surface area contributed by atoms with Crippen molar-refractivity contribution in [3.05, 3.63) is 60.2 Å². The van der Waals surface area contributed by atoms with Crippen LogP contribution >= 0.6 is 11.8 Å². The Morgan fingerprint density at radius 1 is 1.07 bits per heavy atom. The smallest absolute Gasteiger partial charge is 0.248 e. The summed E-state index contributed by atoms with van der Waals surface area (Å²) in [6.45, 7) is 12.2. The molecule has 5 rings (SSSR count). The molecule has 3 aliphatic rings. The Hall–Kier alpha value is -3.04. The number of anilines is 2. The average Bonchev–Trinajstić information content (AvgIpc) is 3.58. The number of nitrogens with one attached hydrogen (secondary N) is 2. The van der Waals surface area contributed by atoms with Gasteiger partial charge >= 0.3 is 0 Å². The fourth-order valence-electron chi connectivity index (χ4n) is 7.49. The van der Waals surface area contributed by atoms with Crippen molar-refractivity contribution in [1.29, 1.82) is 0 Å². The lowest BCUT2D eigenvalue weighted by Crippen LogP contribution is -2.58. The van der Waals surface area contributed by atoms with E-state index in [1.165, 1.54) is 0 Å². The van der Waals surface area contributed by atoms with Crippen molar-refractivity contribution in [2.75, 3.05) is 29.9 Å². The molecule has 3 unspecified atom stereocenters. The van der Waals surface area contributed by atoms with Gasteiger partial charge in [0.25, 0.3) is 0 Å². The van der Waals surface area contributed by atoms with Gasteiger partial charge in [0.05, 0.1) is 29.2 Å². The molecule has 42 heavy (non-hydrogen) atoms. The molecule has 2 bridgehead atoms. The first kappa shape index (κ1) is 30.4. The highest BCUT2D eigenvalue weighted by Crippen LogP contribution is 2.69. The Kier molecular flexibility index (Phi) is 8.90. The number of aliphatic hydroxyl groups excluding tert-OH is 1. The number of amides is 3. The molecule has 1 spiro atoms. The zero-order valence-corrected chi connectivity index (χ0v) is 26.1. The number of likely N-dealkylation sites (tertiary alicyclic amines) is 1. The molecular weight excluding hydrogens is 548 g/mol. The number of hydrogen-bond acceptors (Lipinski definition) is 6. The number of nitrogens with zero attached hydrogens (tertiary/aromatic N) is 2. The van der Waals surface area contributed by atoms with Crippen LogP contribution in [0.3, 0.4) is 0 Å². The summed E-state index contributed by atoms with van der Waals surface area (Å²) in [5, 5.41) is 16.6. The third kappa shape index (κ3) is 5.08. The molecule has 3 N–H and O–H groups in total. The van der Waals surface area contributed by atoms with Crippen LogP contribution in [0.25, 0.3) is 0 Å². The fraction of sp³-hybridized carbons (Fsp3) is 0.545. The zero-order valence-electron chi connectivity index (χ0n) is 25.2. The van der Waals surface area contributed by atoms with Crippen LogP contribution in [-0.2, 0) is 20.9 Å². The summed E-state index contributed by atoms with van der Waals surface area (Å²) in [6.07, 6.45) is 0.763. The van der Waals surface area contributed by atoms with Crippen molar-refractivity contribution in [1.82, 2.24) is 10.2 Å². The van der Waals surface area contributed by atoms with Crippen LogP contribution in [0.5, 0.6) is 0 Å². The van der Waals surface area contributed by atoms with Gasteiger partial charge in [0.15, 0.2) is 0 Å². The average molecular weight is 593 g/mol. The molecule has 226 valence electrons. The molecule has 3 fully saturated rings. The number of benzene rings is 2. The van der Waals surface area contributed by atoms with Crippen molar-refractivity contribution >= 4 is 40.9 Å². The van der Waals surface area contributed by atoms with Crippen LogP contribution in [-0.4, -0.2) is 69.5 Å². The number of hydrogen-bond donors (Lipinski definition) is 3. The minimum absolute atomic E-state index is 0.0397. The van der Waals surface area contributed by atoms with Crippen LogP contribution in [0.15, 0.2) is 54.6 Å². The second-order valence-corrected chi connectivity index (χ2v) is 13.8. The first-order valence-corrected chi connectivity index (χ1v) is 16.1. The number of rotatable bonds is 11. The van der Waals surface area contributed by atoms with E-state index in [2.05, 4.69) is 36.3 Å². The maximum atomic E-state index is 14.4. The van der Waals surface area contributed by atoms with Gasteiger partial charge in [0.1, 0.15) is 6.04 Å². The Labute approximate surface area is 253 Å². The van der Waals surface area contributed by atoms with Gasteiger partial charge in [0.2, 0.25) is 17.7 Å². The molecular formula is C33H44N4O4S. The van der Waals surface area contributed by atoms with Gasteiger partial charge in [0, 0.05) is 36.3 Å². The lowest BCUT2D eigenvalue weighted by Gasteiger charge is -2.40. The van der Waals surface area contributed by atoms with E-state index in [9.17, 15) is 19.5 Å². The van der Waals surface area contributed by atoms with E-state index in [0.717, 1.165) is 30.8 Å². The predicted octanol–water partition coefficient (Wildman–Crippen LogP) is 4.14. The molecule has 3 heterocycles. The molecule has 2 aromatic rings. The third-order valence-corrected chi connectivity index (χ3v) is 11.7. The van der Waals surface area contributed by atoms with E-state index in [1.807, 2.05) is 68.4 Å². The van der Waals surface area contributed by atoms with Gasteiger partial charge < -0.3 is 25.5 Å². The van der Waals surface area contributed by atoms with Gasteiger partial charge in [-0.2, -0.15) is 0 Å². The summed E-state index contributed by atoms with van der Waals surface area (Å²) in [7, 11) is 0. The topological polar surface area (TPSA) is 102 Å². The van der Waals surface area contributed by atoms with Gasteiger partial charge in [-0.1, -0.05) is 51.1 Å². The number of carbonyl (C=O) groups is 3. The summed E-state index contributed by atoms with van der Waals surface area (Å²) in [6, 6.07) is 16.2. The molecule has 3 saturated heterocycles. The van der Waals surface area contributed by atoms with Crippen LogP contribution in [0, 0.1) is 23.7 Å². The Bertz CT molecular complexity index is 1280. The first-order valence-electron chi connectivity index (χ1n) is 15.3. The highest BCUT2D eigenvalue weighted by Gasteiger charge is 2.76. The lowest BCUT2D eigenvalue weighted by molar-refractivity contribution is -0.143. The molecule has 2 aromatic carbocycles. The standard InChI is InChI=1S/C33H44N4O4S/c1-6-36(7-2)24-15-13-23(14-16-24)35-31(40)29-33-21(5)17-26(42-33)27(30(39)34-18-22-11-9-8-10-12-22)28(33)32(41)37(29)25(19-38)20(3)4/h8-16,20-21,25-29,38H,6-7,17-19H2,1-5H3,(H,34,39)(H,35,40)/t21?,25-,26-,27+,28-,29?,33?/m0/s1. The van der Waals surface area contributed by atoms with Crippen molar-refractivity contribution in [3.63, 3.8) is 0 Å². The fourth-order valence-corrected chi connectivity index (χ4v) is 9.90. The second-order valence-electron chi connectivity index (χ2n) is 12.2. The van der Waals surface area contributed by atoms with Crippen LogP contribution in [0.4, 0.5) is 11.4 Å². The van der Waals surface area contributed by atoms with Crippen molar-refractivity contribution < 1.29 is 19.5 Å². The van der Waals surface area contributed by atoms with Gasteiger partial charge in [-0.25, -0.2) is 0 Å². The first-order chi connectivity index (χ1) is 20.2. The van der Waals surface area contributed by atoms with Crippen LogP contribution in [0.1, 0.15) is 46.6 Å². The maximum absolute atomic E-state index is 14.4. The van der Waals surface area contributed by atoms with E-state index in [0.29, 0.717) is 12.2 Å². The molecule has 8 nitrogen and oxygen atoms in total. The molecule has 0 radical (unpaired) electrons. The number of carbonyl (C=O) groups excluding carboxylic acids is 3. The van der Waals surface area contributed by atoms with Gasteiger partial charge in [-0.15, -0.1) is 11.8 Å². The second kappa shape index (κ2) is 12.3. The highest BCUT2D eigenvalue weighted by molar-refractivity contribution is 8.02. The summed E-state index contributed by atoms with van der Waals surface area (Å²) in [4.78, 5) is 46.3. The molecule has 3 aliphatic heterocycles. The zero-order chi connectivity index (χ0) is 30.2. The van der Waals surface area contributed by atoms with Crippen LogP contribution < -0.4 is 15.5 Å². The van der Waals surface area contributed by atoms with Gasteiger partial charge in [-0.3, -0.25) is 14.4 Å². The maximum Gasteiger partial charge on any atom is 0.248 e.